The lowest BCUT2D eigenvalue weighted by molar-refractivity contribution is -0.384. The van der Waals surface area contributed by atoms with Crippen LogP contribution in [0.4, 0.5) is 17.1 Å². The second-order valence-electron chi connectivity index (χ2n) is 6.18. The van der Waals surface area contributed by atoms with Crippen molar-refractivity contribution in [3.05, 3.63) is 63.2 Å². The molecule has 0 unspecified atom stereocenters. The first kappa shape index (κ1) is 16.0. The molecule has 0 saturated heterocycles. The number of benzene rings is 2. The molecule has 2 N–H and O–H groups in total. The van der Waals surface area contributed by atoms with Crippen molar-refractivity contribution in [2.75, 3.05) is 10.6 Å². The molecule has 0 atom stereocenters. The third kappa shape index (κ3) is 3.53. The summed E-state index contributed by atoms with van der Waals surface area (Å²) in [4.78, 5) is 23.2. The van der Waals surface area contributed by atoms with Crippen molar-refractivity contribution in [2.24, 2.45) is 0 Å². The highest BCUT2D eigenvalue weighted by Crippen LogP contribution is 2.31. The van der Waals surface area contributed by atoms with Gasteiger partial charge in [-0.3, -0.25) is 14.9 Å². The highest BCUT2D eigenvalue weighted by Gasteiger charge is 2.25. The first-order valence-corrected chi connectivity index (χ1v) is 7.87. The number of nitrogens with one attached hydrogen (secondary N) is 2. The molecular formula is C18H19N3O3. The number of hydrogen-bond acceptors (Lipinski definition) is 4. The number of carbonyl (C=O) groups excluding carboxylic acids is 1. The van der Waals surface area contributed by atoms with Gasteiger partial charge in [0, 0.05) is 23.4 Å². The Hall–Kier alpha value is -2.89. The largest absolute Gasteiger partial charge is 0.377 e. The summed E-state index contributed by atoms with van der Waals surface area (Å²) >= 11 is 0. The molecule has 2 aromatic carbocycles. The first-order chi connectivity index (χ1) is 11.4. The van der Waals surface area contributed by atoms with Gasteiger partial charge in [0.1, 0.15) is 5.69 Å². The predicted octanol–water partition coefficient (Wildman–Crippen LogP) is 4.04. The van der Waals surface area contributed by atoms with Crippen LogP contribution in [-0.2, 0) is 0 Å². The van der Waals surface area contributed by atoms with E-state index in [1.54, 1.807) is 12.1 Å². The molecule has 1 amide bonds. The Bertz CT molecular complexity index is 813. The Kier molecular flexibility index (Phi) is 4.20. The third-order valence-electron chi connectivity index (χ3n) is 4.02. The minimum absolute atomic E-state index is 0.0739. The van der Waals surface area contributed by atoms with Crippen molar-refractivity contribution in [1.82, 2.24) is 0 Å². The van der Waals surface area contributed by atoms with Crippen LogP contribution in [0.1, 0.15) is 34.3 Å². The zero-order valence-electron chi connectivity index (χ0n) is 13.6. The SMILES string of the molecule is Cc1ccc(NC(=O)c2ccc(NC3CC3)c([N+](=O)[O-])c2)c(C)c1. The fraction of sp³-hybridized carbons (Fsp3) is 0.278. The number of hydrogen-bond donors (Lipinski definition) is 2. The maximum atomic E-state index is 12.4. The van der Waals surface area contributed by atoms with Crippen LogP contribution in [0.15, 0.2) is 36.4 Å². The van der Waals surface area contributed by atoms with E-state index in [0.29, 0.717) is 17.4 Å². The zero-order valence-corrected chi connectivity index (χ0v) is 13.6. The summed E-state index contributed by atoms with van der Waals surface area (Å²) in [7, 11) is 0. The number of anilines is 2. The number of aryl methyl sites for hydroxylation is 2. The van der Waals surface area contributed by atoms with E-state index in [-0.39, 0.29) is 17.2 Å². The van der Waals surface area contributed by atoms with Crippen LogP contribution in [-0.4, -0.2) is 16.9 Å². The number of amides is 1. The molecule has 24 heavy (non-hydrogen) atoms. The van der Waals surface area contributed by atoms with Crippen molar-refractivity contribution in [1.29, 1.82) is 0 Å². The maximum absolute atomic E-state index is 12.4. The quantitative estimate of drug-likeness (QED) is 0.642. The van der Waals surface area contributed by atoms with Crippen LogP contribution in [0.3, 0.4) is 0 Å². The molecule has 0 radical (unpaired) electrons. The van der Waals surface area contributed by atoms with Gasteiger partial charge in [-0.05, 0) is 50.5 Å². The molecule has 2 aromatic rings. The Morgan fingerprint density at radius 3 is 2.46 bits per heavy atom. The Labute approximate surface area is 140 Å². The van der Waals surface area contributed by atoms with E-state index in [0.717, 1.165) is 24.0 Å². The minimum Gasteiger partial charge on any atom is -0.377 e. The summed E-state index contributed by atoms with van der Waals surface area (Å²) in [6.45, 7) is 3.89. The lowest BCUT2D eigenvalue weighted by Crippen LogP contribution is -2.14. The van der Waals surface area contributed by atoms with Crippen LogP contribution in [0.25, 0.3) is 0 Å². The van der Waals surface area contributed by atoms with Crippen molar-refractivity contribution < 1.29 is 9.72 Å². The summed E-state index contributed by atoms with van der Waals surface area (Å²) in [5.74, 6) is -0.358. The molecule has 1 saturated carbocycles. The summed E-state index contributed by atoms with van der Waals surface area (Å²) < 4.78 is 0. The lowest BCUT2D eigenvalue weighted by atomic mass is 10.1. The highest BCUT2D eigenvalue weighted by molar-refractivity contribution is 6.05. The number of carbonyl (C=O) groups is 1. The first-order valence-electron chi connectivity index (χ1n) is 7.87. The van der Waals surface area contributed by atoms with Gasteiger partial charge in [-0.1, -0.05) is 17.7 Å². The molecule has 6 heteroatoms. The minimum atomic E-state index is -0.460. The van der Waals surface area contributed by atoms with Crippen LogP contribution in [0, 0.1) is 24.0 Å². The van der Waals surface area contributed by atoms with Crippen molar-refractivity contribution in [3.8, 4) is 0 Å². The third-order valence-corrected chi connectivity index (χ3v) is 4.02. The van der Waals surface area contributed by atoms with E-state index in [2.05, 4.69) is 10.6 Å². The Morgan fingerprint density at radius 1 is 1.12 bits per heavy atom. The summed E-state index contributed by atoms with van der Waals surface area (Å²) in [5, 5.41) is 17.2. The topological polar surface area (TPSA) is 84.3 Å². The normalized spacial score (nSPS) is 13.4. The van der Waals surface area contributed by atoms with Gasteiger partial charge in [-0.15, -0.1) is 0 Å². The van der Waals surface area contributed by atoms with Crippen molar-refractivity contribution >= 4 is 23.0 Å². The monoisotopic (exact) mass is 325 g/mol. The van der Waals surface area contributed by atoms with E-state index in [1.165, 1.54) is 6.07 Å². The summed E-state index contributed by atoms with van der Waals surface area (Å²) in [6.07, 6.45) is 2.04. The van der Waals surface area contributed by atoms with Crippen LogP contribution in [0.5, 0.6) is 0 Å². The molecule has 0 bridgehead atoms. The summed E-state index contributed by atoms with van der Waals surface area (Å²) in [6, 6.07) is 10.6. The average Bonchev–Trinajstić information content (AvgIpc) is 3.34. The molecular weight excluding hydrogens is 306 g/mol. The van der Waals surface area contributed by atoms with Crippen molar-refractivity contribution in [3.63, 3.8) is 0 Å². The van der Waals surface area contributed by atoms with E-state index in [9.17, 15) is 14.9 Å². The number of nitrogens with zero attached hydrogens (tertiary/aromatic N) is 1. The van der Waals surface area contributed by atoms with Crippen LogP contribution >= 0.6 is 0 Å². The fourth-order valence-corrected chi connectivity index (χ4v) is 2.54. The van der Waals surface area contributed by atoms with Gasteiger partial charge < -0.3 is 10.6 Å². The van der Waals surface area contributed by atoms with Gasteiger partial charge in [-0.25, -0.2) is 0 Å². The average molecular weight is 325 g/mol. The standard InChI is InChI=1S/C18H19N3O3/c1-11-3-7-15(12(2)9-11)20-18(22)13-4-8-16(19-14-5-6-14)17(10-13)21(23)24/h3-4,7-10,14,19H,5-6H2,1-2H3,(H,20,22). The summed E-state index contributed by atoms with van der Waals surface area (Å²) in [5.41, 5.74) is 3.42. The number of rotatable bonds is 5. The fourth-order valence-electron chi connectivity index (χ4n) is 2.54. The van der Waals surface area contributed by atoms with E-state index in [1.807, 2.05) is 32.0 Å². The van der Waals surface area contributed by atoms with Gasteiger partial charge in [0.05, 0.1) is 4.92 Å². The smallest absolute Gasteiger partial charge is 0.293 e. The molecule has 0 heterocycles. The van der Waals surface area contributed by atoms with Gasteiger partial charge in [0.2, 0.25) is 0 Å². The Balaban J connectivity index is 1.83. The van der Waals surface area contributed by atoms with Gasteiger partial charge >= 0.3 is 0 Å². The molecule has 124 valence electrons. The molecule has 6 nitrogen and oxygen atoms in total. The molecule has 1 aliphatic rings. The highest BCUT2D eigenvalue weighted by atomic mass is 16.6. The molecule has 1 aliphatic carbocycles. The van der Waals surface area contributed by atoms with Gasteiger partial charge in [-0.2, -0.15) is 0 Å². The van der Waals surface area contributed by atoms with E-state index < -0.39 is 4.92 Å². The van der Waals surface area contributed by atoms with E-state index in [4.69, 9.17) is 0 Å². The second-order valence-corrected chi connectivity index (χ2v) is 6.18. The molecule has 0 spiro atoms. The van der Waals surface area contributed by atoms with E-state index >= 15 is 0 Å². The van der Waals surface area contributed by atoms with Gasteiger partial charge in [0.15, 0.2) is 0 Å². The Morgan fingerprint density at radius 2 is 1.83 bits per heavy atom. The molecule has 1 fully saturated rings. The van der Waals surface area contributed by atoms with Gasteiger partial charge in [0.25, 0.3) is 11.6 Å². The number of nitro benzene ring substituents is 1. The molecule has 3 rings (SSSR count). The molecule has 0 aliphatic heterocycles. The second kappa shape index (κ2) is 6.31. The predicted molar refractivity (Wildman–Crippen MR) is 93.6 cm³/mol. The lowest BCUT2D eigenvalue weighted by Gasteiger charge is -2.10. The molecule has 0 aromatic heterocycles. The van der Waals surface area contributed by atoms with Crippen LogP contribution in [0.2, 0.25) is 0 Å². The van der Waals surface area contributed by atoms with Crippen molar-refractivity contribution in [2.45, 2.75) is 32.7 Å². The number of nitro groups is 1. The maximum Gasteiger partial charge on any atom is 0.293 e. The van der Waals surface area contributed by atoms with Crippen LogP contribution < -0.4 is 10.6 Å². The zero-order chi connectivity index (χ0) is 17.3.